The van der Waals surface area contributed by atoms with Gasteiger partial charge in [0.15, 0.2) is 0 Å². The van der Waals surface area contributed by atoms with E-state index < -0.39 is 0 Å². The average Bonchev–Trinajstić information content (AvgIpc) is 3.85. The van der Waals surface area contributed by atoms with E-state index >= 15 is 0 Å². The molecular formula is C46H70N4. The number of aryl methyl sites for hydroxylation is 3. The monoisotopic (exact) mass is 679 g/mol. The van der Waals surface area contributed by atoms with Crippen LogP contribution < -0.4 is 11.1 Å². The lowest BCUT2D eigenvalue weighted by atomic mass is 9.70. The van der Waals surface area contributed by atoms with E-state index in [1.54, 1.807) is 0 Å². The molecule has 1 heterocycles. The van der Waals surface area contributed by atoms with Gasteiger partial charge in [0.05, 0.1) is 0 Å². The minimum Gasteiger partial charge on any atom is -0.327 e. The van der Waals surface area contributed by atoms with Crippen molar-refractivity contribution >= 4 is 0 Å². The lowest BCUT2D eigenvalue weighted by molar-refractivity contribution is 0.312. The van der Waals surface area contributed by atoms with Crippen LogP contribution in [0, 0.1) is 24.2 Å². The lowest BCUT2D eigenvalue weighted by Gasteiger charge is -2.32. The molecule has 0 amide bonds. The predicted octanol–water partition coefficient (Wildman–Crippen LogP) is 8.73. The highest BCUT2D eigenvalue weighted by Crippen LogP contribution is 2.39. The van der Waals surface area contributed by atoms with E-state index in [4.69, 9.17) is 12.2 Å². The summed E-state index contributed by atoms with van der Waals surface area (Å²) in [5.74, 6) is 4.03. The summed E-state index contributed by atoms with van der Waals surface area (Å²) in [6.07, 6.45) is 14.8. The Morgan fingerprint density at radius 1 is 0.840 bits per heavy atom. The molecule has 4 rings (SSSR count). The van der Waals surface area contributed by atoms with E-state index in [-0.39, 0.29) is 17.4 Å². The molecule has 3 aromatic carbocycles. The van der Waals surface area contributed by atoms with Gasteiger partial charge in [-0.3, -0.25) is 4.90 Å². The van der Waals surface area contributed by atoms with Crippen LogP contribution in [-0.2, 0) is 24.7 Å². The molecule has 3 N–H and O–H groups in total. The maximum absolute atomic E-state index is 6.48. The van der Waals surface area contributed by atoms with E-state index in [0.717, 1.165) is 64.2 Å². The van der Waals surface area contributed by atoms with Crippen molar-refractivity contribution in [3.63, 3.8) is 0 Å². The van der Waals surface area contributed by atoms with Crippen LogP contribution in [0.5, 0.6) is 0 Å². The van der Waals surface area contributed by atoms with Crippen LogP contribution in [0.25, 0.3) is 0 Å². The van der Waals surface area contributed by atoms with Crippen molar-refractivity contribution in [2.45, 2.75) is 110 Å². The molecule has 1 aliphatic rings. The molecule has 0 radical (unpaired) electrons. The summed E-state index contributed by atoms with van der Waals surface area (Å²) in [5, 5.41) is 3.39. The summed E-state index contributed by atoms with van der Waals surface area (Å²) < 4.78 is 0. The Morgan fingerprint density at radius 3 is 1.70 bits per heavy atom. The molecule has 4 heteroatoms. The molecule has 0 aliphatic carbocycles. The van der Waals surface area contributed by atoms with Crippen LogP contribution >= 0.6 is 0 Å². The van der Waals surface area contributed by atoms with Crippen molar-refractivity contribution < 1.29 is 0 Å². The second-order valence-electron chi connectivity index (χ2n) is 14.8. The third kappa shape index (κ3) is 12.4. The first-order chi connectivity index (χ1) is 24.2. The SMILES string of the molecule is C#CC(CCc1ccc(C(C)(c2ccc(CCC(N)CN3CC3C)cc2)c2ccc(CCC(CCC)CNC)cc2)cc1)CN(C)CC.CC. The van der Waals surface area contributed by atoms with Gasteiger partial charge < -0.3 is 16.0 Å². The van der Waals surface area contributed by atoms with Crippen LogP contribution in [0.3, 0.4) is 0 Å². The molecule has 0 spiro atoms. The molecule has 0 bridgehead atoms. The van der Waals surface area contributed by atoms with Gasteiger partial charge in [-0.15, -0.1) is 12.3 Å². The minimum absolute atomic E-state index is 0.232. The first kappa shape index (κ1) is 41.5. The van der Waals surface area contributed by atoms with Gasteiger partial charge in [0.2, 0.25) is 0 Å². The summed E-state index contributed by atoms with van der Waals surface area (Å²) in [5.41, 5.74) is 14.3. The lowest BCUT2D eigenvalue weighted by Crippen LogP contribution is -2.30. The van der Waals surface area contributed by atoms with Crippen LogP contribution in [0.15, 0.2) is 72.8 Å². The summed E-state index contributed by atoms with van der Waals surface area (Å²) in [6.45, 7) is 18.4. The Hall–Kier alpha value is -2.94. The molecule has 6 atom stereocenters. The van der Waals surface area contributed by atoms with Gasteiger partial charge in [0.1, 0.15) is 0 Å². The summed E-state index contributed by atoms with van der Waals surface area (Å²) in [6, 6.07) is 29.1. The normalized spacial score (nSPS) is 18.3. The van der Waals surface area contributed by atoms with Gasteiger partial charge in [0.25, 0.3) is 0 Å². The van der Waals surface area contributed by atoms with Crippen molar-refractivity contribution in [1.29, 1.82) is 0 Å². The van der Waals surface area contributed by atoms with Crippen molar-refractivity contribution in [1.82, 2.24) is 15.1 Å². The third-order valence-corrected chi connectivity index (χ3v) is 11.0. The van der Waals surface area contributed by atoms with E-state index in [1.165, 1.54) is 59.2 Å². The Bertz CT molecular complexity index is 1380. The topological polar surface area (TPSA) is 44.3 Å². The van der Waals surface area contributed by atoms with Gasteiger partial charge in [-0.2, -0.15) is 0 Å². The molecule has 0 aromatic heterocycles. The number of nitrogens with one attached hydrogen (secondary N) is 1. The molecule has 274 valence electrons. The molecule has 50 heavy (non-hydrogen) atoms. The fourth-order valence-electron chi connectivity index (χ4n) is 7.30. The Labute approximate surface area is 307 Å². The quantitative estimate of drug-likeness (QED) is 0.0672. The van der Waals surface area contributed by atoms with Crippen molar-refractivity contribution in [3.8, 4) is 12.3 Å². The van der Waals surface area contributed by atoms with Crippen molar-refractivity contribution in [2.24, 2.45) is 17.6 Å². The van der Waals surface area contributed by atoms with E-state index in [1.807, 2.05) is 13.8 Å². The van der Waals surface area contributed by atoms with Gasteiger partial charge in [0, 0.05) is 43.1 Å². The molecule has 3 aromatic rings. The molecule has 1 saturated heterocycles. The molecule has 0 saturated carbocycles. The zero-order valence-electron chi connectivity index (χ0n) is 33.0. The van der Waals surface area contributed by atoms with Crippen molar-refractivity contribution in [2.75, 3.05) is 46.8 Å². The number of hydrogen-bond acceptors (Lipinski definition) is 4. The number of hydrogen-bond donors (Lipinski definition) is 2. The van der Waals surface area contributed by atoms with Crippen molar-refractivity contribution in [3.05, 3.63) is 106 Å². The van der Waals surface area contributed by atoms with E-state index in [0.29, 0.717) is 6.04 Å². The van der Waals surface area contributed by atoms with Gasteiger partial charge in [-0.05, 0) is 125 Å². The first-order valence-corrected chi connectivity index (χ1v) is 19.8. The molecule has 4 nitrogen and oxygen atoms in total. The Morgan fingerprint density at radius 2 is 1.30 bits per heavy atom. The third-order valence-electron chi connectivity index (χ3n) is 11.0. The highest BCUT2D eigenvalue weighted by molar-refractivity contribution is 5.51. The predicted molar refractivity (Wildman–Crippen MR) is 218 cm³/mol. The number of nitrogens with zero attached hydrogens (tertiary/aromatic N) is 2. The van der Waals surface area contributed by atoms with E-state index in [2.05, 4.69) is 136 Å². The van der Waals surface area contributed by atoms with Crippen LogP contribution in [0.2, 0.25) is 0 Å². The molecular weight excluding hydrogens is 609 g/mol. The smallest absolute Gasteiger partial charge is 0.0423 e. The molecule has 1 aliphatic heterocycles. The second-order valence-corrected chi connectivity index (χ2v) is 14.8. The maximum Gasteiger partial charge on any atom is 0.0423 e. The van der Waals surface area contributed by atoms with Crippen LogP contribution in [0.1, 0.15) is 107 Å². The zero-order valence-corrected chi connectivity index (χ0v) is 33.0. The Balaban J connectivity index is 0.00000332. The standard InChI is InChI=1S/C44H64N4.C2H6/c1-8-11-39(30-46-6)15-14-37-18-25-41(26-19-37)44(5,40-23-16-36(17-24-40)13-12-35(9-2)32-47(7)10-3)42-27-20-38(21-28-42)22-29-43(45)33-48-31-34(48)4;1-2/h2,16-21,23-28,34-35,39,43,46H,8,10-15,22,29-33,45H2,1,3-7H3;1-2H3. The largest absolute Gasteiger partial charge is 0.327 e. The van der Waals surface area contributed by atoms with Crippen LogP contribution in [-0.4, -0.2) is 68.7 Å². The number of rotatable bonds is 21. The highest BCUT2D eigenvalue weighted by Gasteiger charge is 2.32. The fraction of sp³-hybridized carbons (Fsp3) is 0.565. The first-order valence-electron chi connectivity index (χ1n) is 19.8. The summed E-state index contributed by atoms with van der Waals surface area (Å²) in [7, 11) is 4.22. The van der Waals surface area contributed by atoms with Gasteiger partial charge in [-0.25, -0.2) is 0 Å². The van der Waals surface area contributed by atoms with E-state index in [9.17, 15) is 0 Å². The maximum atomic E-state index is 6.48. The number of benzene rings is 3. The van der Waals surface area contributed by atoms with Crippen LogP contribution in [0.4, 0.5) is 0 Å². The molecule has 6 unspecified atom stereocenters. The number of nitrogens with two attached hydrogens (primary N) is 1. The minimum atomic E-state index is -0.274. The molecule has 1 fully saturated rings. The fourth-order valence-corrected chi connectivity index (χ4v) is 7.30. The zero-order chi connectivity index (χ0) is 36.5. The summed E-state index contributed by atoms with van der Waals surface area (Å²) >= 11 is 0. The second kappa shape index (κ2) is 21.4. The Kier molecular flexibility index (Phi) is 17.8. The highest BCUT2D eigenvalue weighted by atomic mass is 15.3. The summed E-state index contributed by atoms with van der Waals surface area (Å²) in [4.78, 5) is 4.77. The van der Waals surface area contributed by atoms with Gasteiger partial charge in [-0.1, -0.05) is 107 Å². The number of terminal acetylenes is 1. The average molecular weight is 679 g/mol. The van der Waals surface area contributed by atoms with Gasteiger partial charge >= 0.3 is 0 Å².